The van der Waals surface area contributed by atoms with Gasteiger partial charge in [0.25, 0.3) is 0 Å². The van der Waals surface area contributed by atoms with E-state index in [0.29, 0.717) is 27.7 Å². The first-order valence-electron chi connectivity index (χ1n) is 6.00. The quantitative estimate of drug-likeness (QED) is 0.496. The van der Waals surface area contributed by atoms with Gasteiger partial charge in [0, 0.05) is 0 Å². The number of nitrogens with two attached hydrogens (primary N) is 1. The summed E-state index contributed by atoms with van der Waals surface area (Å²) < 4.78 is 0.789. The van der Waals surface area contributed by atoms with Crippen LogP contribution in [0.5, 0.6) is 0 Å². The van der Waals surface area contributed by atoms with Gasteiger partial charge in [-0.2, -0.15) is 0 Å². The molecule has 8 heteroatoms. The zero-order valence-corrected chi connectivity index (χ0v) is 12.5. The Morgan fingerprint density at radius 3 is 2.74 bits per heavy atom. The van der Waals surface area contributed by atoms with Gasteiger partial charge in [-0.25, -0.2) is 15.0 Å². The molecule has 1 unspecified atom stereocenters. The number of rotatable bonds is 5. The van der Waals surface area contributed by atoms with E-state index >= 15 is 0 Å². The van der Waals surface area contributed by atoms with Crippen molar-refractivity contribution in [2.45, 2.75) is 31.5 Å². The maximum atomic E-state index is 9.42. The molecule has 104 valence electrons. The number of nitrogens with zero attached hydrogens (tertiary/aromatic N) is 3. The highest BCUT2D eigenvalue weighted by Crippen LogP contribution is 2.29. The zero-order chi connectivity index (χ0) is 14.0. The van der Waals surface area contributed by atoms with Crippen LogP contribution in [0.4, 0.5) is 10.9 Å². The second kappa shape index (κ2) is 5.89. The van der Waals surface area contributed by atoms with E-state index in [2.05, 4.69) is 46.7 Å². The van der Waals surface area contributed by atoms with Crippen LogP contribution < -0.4 is 11.1 Å². The van der Waals surface area contributed by atoms with Crippen molar-refractivity contribution < 1.29 is 5.11 Å². The molecule has 0 aliphatic heterocycles. The molecule has 0 spiro atoms. The molecule has 2 rings (SSSR count). The van der Waals surface area contributed by atoms with Gasteiger partial charge in [-0.3, -0.25) is 0 Å². The highest BCUT2D eigenvalue weighted by atomic mass is 32.1. The first-order chi connectivity index (χ1) is 8.99. The van der Waals surface area contributed by atoms with Gasteiger partial charge in [-0.15, -0.1) is 12.6 Å². The van der Waals surface area contributed by atoms with E-state index in [9.17, 15) is 5.11 Å². The fraction of sp³-hybridized carbons (Fsp3) is 0.545. The molecule has 1 atom stereocenters. The molecule has 0 amide bonds. The summed E-state index contributed by atoms with van der Waals surface area (Å²) in [4.78, 5) is 12.5. The molecule has 0 aromatic carbocycles. The van der Waals surface area contributed by atoms with E-state index in [0.717, 1.165) is 11.1 Å². The SMILES string of the molecule is CC(C)CC(CO)Nc1nc(S)nc2nc(N)sc12. The van der Waals surface area contributed by atoms with Crippen molar-refractivity contribution in [1.29, 1.82) is 0 Å². The van der Waals surface area contributed by atoms with Crippen LogP contribution in [0.25, 0.3) is 10.3 Å². The summed E-state index contributed by atoms with van der Waals surface area (Å²) in [5, 5.41) is 13.4. The van der Waals surface area contributed by atoms with Crippen LogP contribution in [0.15, 0.2) is 5.16 Å². The van der Waals surface area contributed by atoms with Crippen LogP contribution in [0, 0.1) is 5.92 Å². The number of thiazole rings is 1. The molecule has 4 N–H and O–H groups in total. The first-order valence-corrected chi connectivity index (χ1v) is 7.26. The monoisotopic (exact) mass is 299 g/mol. The van der Waals surface area contributed by atoms with E-state index in [-0.39, 0.29) is 12.6 Å². The Kier molecular flexibility index (Phi) is 4.43. The second-order valence-corrected chi connectivity index (χ2v) is 6.16. The van der Waals surface area contributed by atoms with Crippen LogP contribution >= 0.6 is 24.0 Å². The number of fused-ring (bicyclic) bond motifs is 1. The fourth-order valence-corrected chi connectivity index (χ4v) is 2.79. The molecule has 0 fully saturated rings. The highest BCUT2D eigenvalue weighted by molar-refractivity contribution is 7.80. The summed E-state index contributed by atoms with van der Waals surface area (Å²) in [6, 6.07) is -0.0610. The number of nitrogen functional groups attached to an aromatic ring is 1. The minimum atomic E-state index is -0.0610. The maximum absolute atomic E-state index is 9.42. The van der Waals surface area contributed by atoms with E-state index in [1.165, 1.54) is 11.3 Å². The van der Waals surface area contributed by atoms with E-state index in [4.69, 9.17) is 5.73 Å². The number of aromatic nitrogens is 3. The molecule has 0 saturated heterocycles. The van der Waals surface area contributed by atoms with Crippen molar-refractivity contribution >= 4 is 45.3 Å². The predicted octanol–water partition coefficient (Wildman–Crippen LogP) is 1.78. The van der Waals surface area contributed by atoms with Crippen LogP contribution in [0.2, 0.25) is 0 Å². The van der Waals surface area contributed by atoms with Gasteiger partial charge < -0.3 is 16.2 Å². The Balaban J connectivity index is 2.32. The molecule has 0 aliphatic carbocycles. The smallest absolute Gasteiger partial charge is 0.188 e. The fourth-order valence-electron chi connectivity index (χ4n) is 1.87. The number of aliphatic hydroxyl groups is 1. The van der Waals surface area contributed by atoms with Crippen molar-refractivity contribution in [2.24, 2.45) is 5.92 Å². The van der Waals surface area contributed by atoms with Crippen molar-refractivity contribution in [2.75, 3.05) is 17.7 Å². The average Bonchev–Trinajstić information content (AvgIpc) is 2.67. The van der Waals surface area contributed by atoms with Gasteiger partial charge in [-0.1, -0.05) is 25.2 Å². The Morgan fingerprint density at radius 2 is 2.11 bits per heavy atom. The van der Waals surface area contributed by atoms with Crippen molar-refractivity contribution in [3.8, 4) is 0 Å². The minimum Gasteiger partial charge on any atom is -0.394 e. The molecule has 2 heterocycles. The number of thiol groups is 1. The topological polar surface area (TPSA) is 97.0 Å². The van der Waals surface area contributed by atoms with Crippen LogP contribution in [0.1, 0.15) is 20.3 Å². The Labute approximate surface area is 120 Å². The third kappa shape index (κ3) is 3.46. The standard InChI is InChI=1S/C11H17N5OS2/c1-5(2)3-6(4-17)13-8-7-9(14-10(12)19-7)16-11(18)15-8/h5-6,17H,3-4H2,1-2H3,(H4,12,13,14,15,16,18). The summed E-state index contributed by atoms with van der Waals surface area (Å²) in [6.45, 7) is 4.25. The summed E-state index contributed by atoms with van der Waals surface area (Å²) >= 11 is 5.48. The van der Waals surface area contributed by atoms with Gasteiger partial charge in [0.2, 0.25) is 0 Å². The number of anilines is 2. The molecular formula is C11H17N5OS2. The third-order valence-corrected chi connectivity index (χ3v) is 3.66. The third-order valence-electron chi connectivity index (χ3n) is 2.58. The molecule has 0 aliphatic rings. The van der Waals surface area contributed by atoms with Crippen LogP contribution in [-0.4, -0.2) is 32.7 Å². The summed E-state index contributed by atoms with van der Waals surface area (Å²) in [5.41, 5.74) is 6.22. The van der Waals surface area contributed by atoms with E-state index in [1.54, 1.807) is 0 Å². The number of nitrogens with one attached hydrogen (secondary N) is 1. The van der Waals surface area contributed by atoms with Crippen LogP contribution in [-0.2, 0) is 0 Å². The number of hydrogen-bond acceptors (Lipinski definition) is 8. The van der Waals surface area contributed by atoms with Crippen LogP contribution in [0.3, 0.4) is 0 Å². The molecule has 0 bridgehead atoms. The van der Waals surface area contributed by atoms with Gasteiger partial charge in [-0.05, 0) is 12.3 Å². The molecule has 6 nitrogen and oxygen atoms in total. The minimum absolute atomic E-state index is 0.0415. The number of aliphatic hydroxyl groups excluding tert-OH is 1. The van der Waals surface area contributed by atoms with E-state index in [1.807, 2.05) is 0 Å². The van der Waals surface area contributed by atoms with Crippen molar-refractivity contribution in [3.63, 3.8) is 0 Å². The summed E-state index contributed by atoms with van der Waals surface area (Å²) in [7, 11) is 0. The molecule has 0 saturated carbocycles. The van der Waals surface area contributed by atoms with Crippen molar-refractivity contribution in [1.82, 2.24) is 15.0 Å². The lowest BCUT2D eigenvalue weighted by Gasteiger charge is -2.19. The van der Waals surface area contributed by atoms with Crippen molar-refractivity contribution in [3.05, 3.63) is 0 Å². The Bertz CT molecular complexity index is 571. The van der Waals surface area contributed by atoms with Gasteiger partial charge >= 0.3 is 0 Å². The lowest BCUT2D eigenvalue weighted by molar-refractivity contribution is 0.259. The molecule has 19 heavy (non-hydrogen) atoms. The first kappa shape index (κ1) is 14.3. The highest BCUT2D eigenvalue weighted by Gasteiger charge is 2.15. The van der Waals surface area contributed by atoms with Gasteiger partial charge in [0.15, 0.2) is 21.8 Å². The Morgan fingerprint density at radius 1 is 1.37 bits per heavy atom. The molecule has 2 aromatic heterocycles. The lowest BCUT2D eigenvalue weighted by atomic mass is 10.0. The lowest BCUT2D eigenvalue weighted by Crippen LogP contribution is -2.26. The average molecular weight is 299 g/mol. The van der Waals surface area contributed by atoms with Gasteiger partial charge in [0.1, 0.15) is 4.70 Å². The normalized spacial score (nSPS) is 13.1. The molecule has 0 radical (unpaired) electrons. The summed E-state index contributed by atoms with van der Waals surface area (Å²) in [5.74, 6) is 1.10. The number of hydrogen-bond donors (Lipinski definition) is 4. The zero-order valence-electron chi connectivity index (χ0n) is 10.8. The summed E-state index contributed by atoms with van der Waals surface area (Å²) in [6.07, 6.45) is 0.845. The predicted molar refractivity (Wildman–Crippen MR) is 80.8 cm³/mol. The Hall–Kier alpha value is -1.12. The van der Waals surface area contributed by atoms with E-state index < -0.39 is 0 Å². The molecular weight excluding hydrogens is 282 g/mol. The molecule has 2 aromatic rings. The second-order valence-electron chi connectivity index (χ2n) is 4.73. The van der Waals surface area contributed by atoms with Gasteiger partial charge in [0.05, 0.1) is 12.6 Å². The largest absolute Gasteiger partial charge is 0.394 e. The maximum Gasteiger partial charge on any atom is 0.188 e.